The van der Waals surface area contributed by atoms with Crippen molar-refractivity contribution < 1.29 is 5.12 Å². The summed E-state index contributed by atoms with van der Waals surface area (Å²) in [5, 5.41) is 3.37. The average molecular weight is 292 g/mol. The predicted octanol–water partition coefficient (Wildman–Crippen LogP) is 2.81. The van der Waals surface area contributed by atoms with E-state index in [-0.39, 0.29) is 5.41 Å². The highest BCUT2D eigenvalue weighted by Crippen LogP contribution is 2.39. The first kappa shape index (κ1) is 13.3. The van der Waals surface area contributed by atoms with Gasteiger partial charge in [0.1, 0.15) is 6.54 Å². The highest BCUT2D eigenvalue weighted by molar-refractivity contribution is 5.70. The zero-order valence-corrected chi connectivity index (χ0v) is 13.0. The minimum absolute atomic E-state index is 0.152. The van der Waals surface area contributed by atoms with Crippen molar-refractivity contribution in [3.63, 3.8) is 0 Å². The molecule has 0 aliphatic carbocycles. The summed E-state index contributed by atoms with van der Waals surface area (Å²) in [4.78, 5) is 4.47. The molecule has 4 nitrogen and oxygen atoms in total. The Kier molecular flexibility index (Phi) is 2.94. The average Bonchev–Trinajstić information content (AvgIpc) is 3.03. The molecular formula is C18H20N4. The number of pyridine rings is 1. The van der Waals surface area contributed by atoms with Crippen LogP contribution in [0.1, 0.15) is 25.8 Å². The smallest absolute Gasteiger partial charge is 0.105 e. The van der Waals surface area contributed by atoms with Gasteiger partial charge >= 0.3 is 0 Å². The van der Waals surface area contributed by atoms with E-state index in [2.05, 4.69) is 59.7 Å². The highest BCUT2D eigenvalue weighted by atomic mass is 15.8. The molecule has 0 spiro atoms. The van der Waals surface area contributed by atoms with E-state index in [9.17, 15) is 0 Å². The summed E-state index contributed by atoms with van der Waals surface area (Å²) in [5.74, 6) is 0. The van der Waals surface area contributed by atoms with E-state index in [4.69, 9.17) is 0 Å². The Balaban J connectivity index is 1.87. The second-order valence-corrected chi connectivity index (χ2v) is 6.25. The maximum Gasteiger partial charge on any atom is 0.105 e. The Morgan fingerprint density at radius 3 is 3.00 bits per heavy atom. The van der Waals surface area contributed by atoms with Crippen LogP contribution in [0.5, 0.6) is 0 Å². The number of hydrogen-bond acceptors (Lipinski definition) is 2. The SMILES string of the molecule is CCC1(C)C[NH+]2[N-]C=CN2c2cc(-c3ccccn3)ccc21. The summed E-state index contributed by atoms with van der Waals surface area (Å²) < 4.78 is 0. The molecule has 0 radical (unpaired) electrons. The number of rotatable bonds is 2. The van der Waals surface area contributed by atoms with Crippen molar-refractivity contribution >= 4 is 5.69 Å². The lowest BCUT2D eigenvalue weighted by Crippen LogP contribution is -3.15. The Bertz CT molecular complexity index is 725. The molecule has 0 fully saturated rings. The van der Waals surface area contributed by atoms with Gasteiger partial charge < -0.3 is 5.43 Å². The molecule has 1 N–H and O–H groups in total. The molecule has 2 aromatic rings. The number of benzene rings is 1. The number of nitrogens with zero attached hydrogens (tertiary/aromatic N) is 3. The predicted molar refractivity (Wildman–Crippen MR) is 88.1 cm³/mol. The number of quaternary nitrogens is 1. The third-order valence-electron chi connectivity index (χ3n) is 4.91. The summed E-state index contributed by atoms with van der Waals surface area (Å²) in [7, 11) is 0. The summed E-state index contributed by atoms with van der Waals surface area (Å²) in [6, 6.07) is 12.7. The van der Waals surface area contributed by atoms with Crippen LogP contribution in [0.2, 0.25) is 0 Å². The van der Waals surface area contributed by atoms with Gasteiger partial charge in [0.05, 0.1) is 11.4 Å². The maximum atomic E-state index is 4.55. The summed E-state index contributed by atoms with van der Waals surface area (Å²) in [6.45, 7) is 5.59. The number of aromatic nitrogens is 1. The van der Waals surface area contributed by atoms with Gasteiger partial charge in [0.15, 0.2) is 0 Å². The van der Waals surface area contributed by atoms with Crippen LogP contribution in [0.15, 0.2) is 55.0 Å². The van der Waals surface area contributed by atoms with Gasteiger partial charge in [-0.25, -0.2) is 5.01 Å². The van der Waals surface area contributed by atoms with Crippen LogP contribution in [-0.4, -0.2) is 11.5 Å². The molecule has 0 bridgehead atoms. The first-order chi connectivity index (χ1) is 10.7. The molecule has 0 saturated carbocycles. The van der Waals surface area contributed by atoms with E-state index in [1.807, 2.05) is 24.5 Å². The fraction of sp³-hybridized carbons (Fsp3) is 0.278. The van der Waals surface area contributed by atoms with Crippen molar-refractivity contribution in [1.82, 2.24) is 4.98 Å². The Morgan fingerprint density at radius 2 is 2.23 bits per heavy atom. The lowest BCUT2D eigenvalue weighted by Gasteiger charge is -2.45. The van der Waals surface area contributed by atoms with Crippen LogP contribution < -0.4 is 10.1 Å². The number of hydrogen-bond donors (Lipinski definition) is 1. The van der Waals surface area contributed by atoms with E-state index in [0.717, 1.165) is 29.3 Å². The van der Waals surface area contributed by atoms with Crippen molar-refractivity contribution in [3.8, 4) is 11.3 Å². The van der Waals surface area contributed by atoms with Gasteiger partial charge in [-0.15, -0.1) is 6.20 Å². The lowest BCUT2D eigenvalue weighted by atomic mass is 9.77. The fourth-order valence-corrected chi connectivity index (χ4v) is 3.38. The van der Waals surface area contributed by atoms with Gasteiger partial charge in [0, 0.05) is 23.4 Å². The van der Waals surface area contributed by atoms with Crippen LogP contribution in [0.4, 0.5) is 5.69 Å². The molecule has 3 heterocycles. The monoisotopic (exact) mass is 292 g/mol. The second-order valence-electron chi connectivity index (χ2n) is 6.25. The second kappa shape index (κ2) is 4.85. The molecule has 1 aromatic carbocycles. The Morgan fingerprint density at radius 1 is 1.32 bits per heavy atom. The molecule has 2 atom stereocenters. The van der Waals surface area contributed by atoms with Crippen LogP contribution in [0.25, 0.3) is 16.7 Å². The first-order valence-electron chi connectivity index (χ1n) is 7.80. The molecule has 4 heteroatoms. The number of fused-ring (bicyclic) bond motifs is 3. The molecule has 22 heavy (non-hydrogen) atoms. The lowest BCUT2D eigenvalue weighted by molar-refractivity contribution is -0.866. The molecule has 2 aliphatic rings. The third kappa shape index (κ3) is 1.91. The third-order valence-corrected chi connectivity index (χ3v) is 4.91. The Hall–Kier alpha value is -2.33. The van der Waals surface area contributed by atoms with Gasteiger partial charge in [0.25, 0.3) is 0 Å². The van der Waals surface area contributed by atoms with Gasteiger partial charge in [0.2, 0.25) is 0 Å². The van der Waals surface area contributed by atoms with Crippen LogP contribution in [0.3, 0.4) is 0 Å². The molecule has 4 rings (SSSR count). The van der Waals surface area contributed by atoms with E-state index in [1.54, 1.807) is 0 Å². The number of anilines is 1. The largest absolute Gasteiger partial charge is 0.467 e. The van der Waals surface area contributed by atoms with E-state index in [0.29, 0.717) is 0 Å². The van der Waals surface area contributed by atoms with Crippen molar-refractivity contribution in [2.24, 2.45) is 0 Å². The van der Waals surface area contributed by atoms with Crippen LogP contribution in [-0.2, 0) is 5.41 Å². The molecule has 2 unspecified atom stereocenters. The maximum absolute atomic E-state index is 4.55. The summed E-state index contributed by atoms with van der Waals surface area (Å²) in [6.07, 6.45) is 6.91. The number of nitrogens with one attached hydrogen (secondary N) is 1. The van der Waals surface area contributed by atoms with E-state index < -0.39 is 0 Å². The van der Waals surface area contributed by atoms with Crippen molar-refractivity contribution in [3.05, 3.63) is 66.0 Å². The van der Waals surface area contributed by atoms with Crippen LogP contribution in [0, 0.1) is 0 Å². The molecule has 112 valence electrons. The zero-order valence-electron chi connectivity index (χ0n) is 13.0. The zero-order chi connectivity index (χ0) is 15.2. The van der Waals surface area contributed by atoms with Gasteiger partial charge in [-0.1, -0.05) is 25.1 Å². The molecule has 0 saturated heterocycles. The minimum atomic E-state index is 0.152. The van der Waals surface area contributed by atoms with E-state index >= 15 is 0 Å². The van der Waals surface area contributed by atoms with Crippen molar-refractivity contribution in [2.75, 3.05) is 11.6 Å². The normalized spacial score (nSPS) is 25.5. The van der Waals surface area contributed by atoms with Gasteiger partial charge in [-0.05, 0) is 37.1 Å². The van der Waals surface area contributed by atoms with Crippen molar-refractivity contribution in [2.45, 2.75) is 25.7 Å². The highest BCUT2D eigenvalue weighted by Gasteiger charge is 2.39. The quantitative estimate of drug-likeness (QED) is 0.923. The minimum Gasteiger partial charge on any atom is -0.467 e. The first-order valence-corrected chi connectivity index (χ1v) is 7.80. The molecule has 1 aromatic heterocycles. The molecular weight excluding hydrogens is 272 g/mol. The van der Waals surface area contributed by atoms with Crippen LogP contribution >= 0.6 is 0 Å². The fourth-order valence-electron chi connectivity index (χ4n) is 3.38. The Labute approximate surface area is 131 Å². The summed E-state index contributed by atoms with van der Waals surface area (Å²) >= 11 is 0. The molecule has 0 amide bonds. The van der Waals surface area contributed by atoms with Crippen molar-refractivity contribution in [1.29, 1.82) is 0 Å². The van der Waals surface area contributed by atoms with Gasteiger partial charge in [-0.3, -0.25) is 10.1 Å². The standard InChI is InChI=1S/C18H20N4/c1-3-18(2)13-22-20-10-11-21(22)17-12-14(7-8-15(17)18)16-6-4-5-9-19-16/h4-12,22H,3,13H2,1-2H3. The van der Waals surface area contributed by atoms with E-state index in [1.165, 1.54) is 11.3 Å². The topological polar surface area (TPSA) is 34.7 Å². The van der Waals surface area contributed by atoms with Gasteiger partial charge in [-0.2, -0.15) is 0 Å². The summed E-state index contributed by atoms with van der Waals surface area (Å²) in [5.41, 5.74) is 9.51. The molecule has 2 aliphatic heterocycles.